The maximum absolute atomic E-state index is 12.5. The minimum atomic E-state index is -0.0704. The molecule has 0 aromatic heterocycles. The fourth-order valence-corrected chi connectivity index (χ4v) is 4.59. The lowest BCUT2D eigenvalue weighted by Gasteiger charge is -2.49. The molecule has 1 unspecified atom stereocenters. The Kier molecular flexibility index (Phi) is 5.55. The lowest BCUT2D eigenvalue weighted by atomic mass is 9.89. The van der Waals surface area contributed by atoms with Gasteiger partial charge in [-0.3, -0.25) is 14.5 Å². The van der Waals surface area contributed by atoms with Crippen LogP contribution in [-0.2, 0) is 14.3 Å². The molecule has 0 saturated carbocycles. The highest BCUT2D eigenvalue weighted by atomic mass is 16.5. The van der Waals surface area contributed by atoms with Crippen LogP contribution in [0.3, 0.4) is 0 Å². The van der Waals surface area contributed by atoms with E-state index in [1.165, 1.54) is 0 Å². The number of amides is 2. The monoisotopic (exact) mass is 387 g/mol. The van der Waals surface area contributed by atoms with Crippen LogP contribution in [0.15, 0.2) is 24.3 Å². The molecule has 7 nitrogen and oxygen atoms in total. The average Bonchev–Trinajstić information content (AvgIpc) is 3.18. The quantitative estimate of drug-likeness (QED) is 0.833. The van der Waals surface area contributed by atoms with Crippen LogP contribution in [0, 0.1) is 6.92 Å². The summed E-state index contributed by atoms with van der Waals surface area (Å²) < 4.78 is 11.3. The van der Waals surface area contributed by atoms with E-state index in [2.05, 4.69) is 10.2 Å². The molecule has 3 aliphatic heterocycles. The summed E-state index contributed by atoms with van der Waals surface area (Å²) in [6.07, 6.45) is 2.72. The highest BCUT2D eigenvalue weighted by Gasteiger charge is 2.47. The summed E-state index contributed by atoms with van der Waals surface area (Å²) in [5.74, 6) is 0.837. The summed E-state index contributed by atoms with van der Waals surface area (Å²) in [5.41, 5.74) is 1.04. The molecule has 3 saturated heterocycles. The Balaban J connectivity index is 1.31. The number of piperidine rings is 1. The van der Waals surface area contributed by atoms with Crippen LogP contribution >= 0.6 is 0 Å². The Labute approximate surface area is 166 Å². The molecule has 28 heavy (non-hydrogen) atoms. The molecular formula is C21H29N3O4. The highest BCUT2D eigenvalue weighted by molar-refractivity contribution is 5.79. The molecule has 1 aromatic carbocycles. The molecule has 7 heteroatoms. The van der Waals surface area contributed by atoms with Crippen molar-refractivity contribution in [2.45, 2.75) is 37.8 Å². The van der Waals surface area contributed by atoms with Gasteiger partial charge in [0.25, 0.3) is 5.91 Å². The maximum atomic E-state index is 12.5. The fourth-order valence-electron chi connectivity index (χ4n) is 4.59. The van der Waals surface area contributed by atoms with Gasteiger partial charge in [-0.2, -0.15) is 0 Å². The summed E-state index contributed by atoms with van der Waals surface area (Å²) in [6, 6.07) is 8.05. The van der Waals surface area contributed by atoms with Crippen LogP contribution in [0.5, 0.6) is 5.75 Å². The second-order valence-electron chi connectivity index (χ2n) is 8.15. The van der Waals surface area contributed by atoms with Crippen LogP contribution in [0.1, 0.15) is 24.8 Å². The minimum Gasteiger partial charge on any atom is -0.484 e. The summed E-state index contributed by atoms with van der Waals surface area (Å²) >= 11 is 0. The highest BCUT2D eigenvalue weighted by Crippen LogP contribution is 2.32. The van der Waals surface area contributed by atoms with Crippen LogP contribution in [-0.4, -0.2) is 79.2 Å². The number of hydrogen-bond acceptors (Lipinski definition) is 5. The van der Waals surface area contributed by atoms with E-state index in [0.717, 1.165) is 37.2 Å². The van der Waals surface area contributed by atoms with Gasteiger partial charge in [0, 0.05) is 32.3 Å². The van der Waals surface area contributed by atoms with Crippen molar-refractivity contribution in [1.29, 1.82) is 0 Å². The molecule has 1 atom stereocenters. The molecule has 1 aromatic rings. The van der Waals surface area contributed by atoms with Crippen molar-refractivity contribution >= 4 is 11.8 Å². The Hall–Kier alpha value is -2.12. The molecule has 2 amide bonds. The van der Waals surface area contributed by atoms with Crippen LogP contribution < -0.4 is 10.1 Å². The zero-order valence-corrected chi connectivity index (χ0v) is 16.5. The van der Waals surface area contributed by atoms with Gasteiger partial charge in [0.15, 0.2) is 6.61 Å². The van der Waals surface area contributed by atoms with Crippen molar-refractivity contribution < 1.29 is 19.1 Å². The van der Waals surface area contributed by atoms with Crippen molar-refractivity contribution in [2.24, 2.45) is 0 Å². The van der Waals surface area contributed by atoms with E-state index in [1.54, 1.807) is 0 Å². The molecule has 1 N–H and O–H groups in total. The van der Waals surface area contributed by atoms with Gasteiger partial charge in [-0.05, 0) is 43.9 Å². The van der Waals surface area contributed by atoms with E-state index < -0.39 is 0 Å². The van der Waals surface area contributed by atoms with E-state index in [1.807, 2.05) is 36.1 Å². The number of aryl methyl sites for hydroxylation is 1. The Morgan fingerprint density at radius 1 is 1.36 bits per heavy atom. The normalized spacial score (nSPS) is 26.5. The van der Waals surface area contributed by atoms with Gasteiger partial charge in [0.05, 0.1) is 18.7 Å². The van der Waals surface area contributed by atoms with E-state index in [9.17, 15) is 9.59 Å². The topological polar surface area (TPSA) is 71.1 Å². The average molecular weight is 387 g/mol. The van der Waals surface area contributed by atoms with Crippen molar-refractivity contribution in [2.75, 3.05) is 46.0 Å². The van der Waals surface area contributed by atoms with E-state index in [4.69, 9.17) is 9.47 Å². The number of rotatable bonds is 4. The maximum Gasteiger partial charge on any atom is 0.260 e. The van der Waals surface area contributed by atoms with Gasteiger partial charge in [-0.1, -0.05) is 12.1 Å². The largest absolute Gasteiger partial charge is 0.484 e. The lowest BCUT2D eigenvalue weighted by molar-refractivity contribution is -0.138. The Morgan fingerprint density at radius 3 is 2.89 bits per heavy atom. The first kappa shape index (κ1) is 19.2. The lowest BCUT2D eigenvalue weighted by Crippen LogP contribution is -2.67. The molecule has 3 heterocycles. The zero-order chi connectivity index (χ0) is 19.6. The smallest absolute Gasteiger partial charge is 0.260 e. The van der Waals surface area contributed by atoms with Gasteiger partial charge in [0.2, 0.25) is 5.91 Å². The summed E-state index contributed by atoms with van der Waals surface area (Å²) in [4.78, 5) is 28.8. The number of nitrogens with zero attached hydrogens (tertiary/aromatic N) is 2. The van der Waals surface area contributed by atoms with E-state index in [-0.39, 0.29) is 24.0 Å². The standard InChI is InChI=1S/C21H29N3O4/c1-16-3-2-4-18(11-16)28-13-20(26)23-8-5-17(6-9-23)24-12-19(25)22-14-21(24)7-10-27-15-21/h2-4,11,17H,5-10,12-15H2,1H3,(H,22,25). The zero-order valence-electron chi connectivity index (χ0n) is 16.5. The van der Waals surface area contributed by atoms with Gasteiger partial charge in [-0.25, -0.2) is 0 Å². The van der Waals surface area contributed by atoms with Crippen molar-refractivity contribution in [3.63, 3.8) is 0 Å². The predicted molar refractivity (Wildman–Crippen MR) is 104 cm³/mol. The number of carbonyl (C=O) groups is 2. The van der Waals surface area contributed by atoms with Crippen LogP contribution in [0.25, 0.3) is 0 Å². The molecule has 0 bridgehead atoms. The van der Waals surface area contributed by atoms with Gasteiger partial charge >= 0.3 is 0 Å². The van der Waals surface area contributed by atoms with Gasteiger partial charge in [0.1, 0.15) is 5.75 Å². The summed E-state index contributed by atoms with van der Waals surface area (Å²) in [7, 11) is 0. The fraction of sp³-hybridized carbons (Fsp3) is 0.619. The molecule has 3 aliphatic rings. The molecule has 0 aliphatic carbocycles. The summed E-state index contributed by atoms with van der Waals surface area (Å²) in [6.45, 7) is 6.00. The number of nitrogens with one attached hydrogen (secondary N) is 1. The Bertz CT molecular complexity index is 724. The van der Waals surface area contributed by atoms with Crippen molar-refractivity contribution in [1.82, 2.24) is 15.1 Å². The third kappa shape index (κ3) is 4.00. The first-order valence-electron chi connectivity index (χ1n) is 10.1. The second kappa shape index (κ2) is 8.09. The molecule has 152 valence electrons. The van der Waals surface area contributed by atoms with E-state index in [0.29, 0.717) is 38.8 Å². The molecule has 4 rings (SSSR count). The minimum absolute atomic E-state index is 0.0234. The number of ether oxygens (including phenoxy) is 2. The van der Waals surface area contributed by atoms with Gasteiger partial charge in [-0.15, -0.1) is 0 Å². The van der Waals surface area contributed by atoms with Crippen molar-refractivity contribution in [3.05, 3.63) is 29.8 Å². The summed E-state index contributed by atoms with van der Waals surface area (Å²) in [5, 5.41) is 3.01. The molecule has 3 fully saturated rings. The third-order valence-corrected chi connectivity index (χ3v) is 6.23. The first-order chi connectivity index (χ1) is 13.6. The van der Waals surface area contributed by atoms with Crippen LogP contribution in [0.2, 0.25) is 0 Å². The number of benzene rings is 1. The molecular weight excluding hydrogens is 358 g/mol. The molecule has 0 radical (unpaired) electrons. The third-order valence-electron chi connectivity index (χ3n) is 6.23. The molecule has 1 spiro atoms. The first-order valence-corrected chi connectivity index (χ1v) is 10.1. The van der Waals surface area contributed by atoms with E-state index >= 15 is 0 Å². The number of carbonyl (C=O) groups excluding carboxylic acids is 2. The van der Waals surface area contributed by atoms with Crippen LogP contribution in [0.4, 0.5) is 0 Å². The number of hydrogen-bond donors (Lipinski definition) is 1. The van der Waals surface area contributed by atoms with Gasteiger partial charge < -0.3 is 19.7 Å². The SMILES string of the molecule is Cc1cccc(OCC(=O)N2CCC(N3CC(=O)NCC34CCOC4)CC2)c1. The van der Waals surface area contributed by atoms with Crippen molar-refractivity contribution in [3.8, 4) is 5.75 Å². The number of piperazine rings is 1. The Morgan fingerprint density at radius 2 is 2.18 bits per heavy atom. The number of likely N-dealkylation sites (tertiary alicyclic amines) is 1. The second-order valence-corrected chi connectivity index (χ2v) is 8.15. The predicted octanol–water partition coefficient (Wildman–Crippen LogP) is 0.956.